The number of carbonyl (C=O) groups is 2. The lowest BCUT2D eigenvalue weighted by molar-refractivity contribution is -0.0308. The summed E-state index contributed by atoms with van der Waals surface area (Å²) in [4.78, 5) is 26.0. The maximum atomic E-state index is 13.2. The minimum absolute atomic E-state index is 0.247. The Morgan fingerprint density at radius 3 is 2.08 bits per heavy atom. The number of carbonyl (C=O) groups excluding carboxylic acids is 2. The standard InChI is InChI=1S/C20H23ClN2O2/c1-14-16(12-9-13-17(14)21)19(25)23(20(2,3)4)22(5)18(24)15-10-7-6-8-11-15/h6-13H,1-5H3. The minimum Gasteiger partial charge on any atom is -0.267 e. The second kappa shape index (κ2) is 7.28. The highest BCUT2D eigenvalue weighted by molar-refractivity contribution is 6.31. The van der Waals surface area contributed by atoms with Crippen molar-refractivity contribution < 1.29 is 9.59 Å². The van der Waals surface area contributed by atoms with Crippen molar-refractivity contribution in [2.45, 2.75) is 33.2 Å². The summed E-state index contributed by atoms with van der Waals surface area (Å²) in [7, 11) is 1.61. The van der Waals surface area contributed by atoms with Gasteiger partial charge in [0.1, 0.15) is 0 Å². The van der Waals surface area contributed by atoms with E-state index in [-0.39, 0.29) is 11.8 Å². The first kappa shape index (κ1) is 19.0. The van der Waals surface area contributed by atoms with Crippen LogP contribution in [0.15, 0.2) is 48.5 Å². The topological polar surface area (TPSA) is 40.6 Å². The van der Waals surface area contributed by atoms with E-state index in [1.165, 1.54) is 10.0 Å². The molecule has 0 bridgehead atoms. The Morgan fingerprint density at radius 2 is 1.52 bits per heavy atom. The lowest BCUT2D eigenvalue weighted by Gasteiger charge is -2.41. The summed E-state index contributed by atoms with van der Waals surface area (Å²) < 4.78 is 0. The molecule has 0 spiro atoms. The van der Waals surface area contributed by atoms with Crippen molar-refractivity contribution in [3.05, 3.63) is 70.2 Å². The third-order valence-corrected chi connectivity index (χ3v) is 4.35. The fourth-order valence-corrected chi connectivity index (χ4v) is 2.88. The first-order valence-electron chi connectivity index (χ1n) is 8.07. The van der Waals surface area contributed by atoms with Crippen molar-refractivity contribution in [3.63, 3.8) is 0 Å². The van der Waals surface area contributed by atoms with E-state index in [1.54, 1.807) is 56.4 Å². The van der Waals surface area contributed by atoms with E-state index in [2.05, 4.69) is 0 Å². The van der Waals surface area contributed by atoms with Crippen LogP contribution in [0.25, 0.3) is 0 Å². The molecule has 0 atom stereocenters. The first-order valence-corrected chi connectivity index (χ1v) is 8.45. The summed E-state index contributed by atoms with van der Waals surface area (Å²) in [6.45, 7) is 7.47. The highest BCUT2D eigenvalue weighted by Gasteiger charge is 2.34. The number of benzene rings is 2. The highest BCUT2D eigenvalue weighted by Crippen LogP contribution is 2.25. The van der Waals surface area contributed by atoms with Crippen molar-refractivity contribution in [1.82, 2.24) is 10.0 Å². The Kier molecular flexibility index (Phi) is 5.53. The molecule has 0 aliphatic rings. The van der Waals surface area contributed by atoms with Gasteiger partial charge in [0.05, 0.1) is 5.54 Å². The Bertz CT molecular complexity index is 782. The number of halogens is 1. The van der Waals surface area contributed by atoms with Crippen molar-refractivity contribution >= 4 is 23.4 Å². The number of hydrazine groups is 1. The van der Waals surface area contributed by atoms with E-state index < -0.39 is 5.54 Å². The van der Waals surface area contributed by atoms with Gasteiger partial charge in [-0.2, -0.15) is 0 Å². The second-order valence-corrected chi connectivity index (χ2v) is 7.30. The van der Waals surface area contributed by atoms with Gasteiger partial charge in [-0.05, 0) is 57.5 Å². The normalized spacial score (nSPS) is 11.1. The molecule has 0 aromatic heterocycles. The fourth-order valence-electron chi connectivity index (χ4n) is 2.70. The number of hydrogen-bond donors (Lipinski definition) is 0. The van der Waals surface area contributed by atoms with Gasteiger partial charge in [0, 0.05) is 23.2 Å². The van der Waals surface area contributed by atoms with Crippen molar-refractivity contribution in [2.75, 3.05) is 7.05 Å². The first-order chi connectivity index (χ1) is 11.6. The molecule has 132 valence electrons. The van der Waals surface area contributed by atoms with E-state index in [4.69, 9.17) is 11.6 Å². The molecule has 0 N–H and O–H groups in total. The quantitative estimate of drug-likeness (QED) is 0.737. The summed E-state index contributed by atoms with van der Waals surface area (Å²) >= 11 is 6.16. The zero-order valence-corrected chi connectivity index (χ0v) is 16.0. The predicted molar refractivity (Wildman–Crippen MR) is 101 cm³/mol. The molecule has 0 radical (unpaired) electrons. The van der Waals surface area contributed by atoms with Crippen molar-refractivity contribution in [2.24, 2.45) is 0 Å². The summed E-state index contributed by atoms with van der Waals surface area (Å²) in [5.41, 5.74) is 1.11. The summed E-state index contributed by atoms with van der Waals surface area (Å²) in [5.74, 6) is -0.511. The van der Waals surface area contributed by atoms with Crippen LogP contribution in [0, 0.1) is 6.92 Å². The molecule has 0 saturated heterocycles. The lowest BCUT2D eigenvalue weighted by Crippen LogP contribution is -2.56. The molecular formula is C20H23ClN2O2. The largest absolute Gasteiger partial charge is 0.273 e. The molecule has 2 aromatic rings. The van der Waals surface area contributed by atoms with Crippen molar-refractivity contribution in [1.29, 1.82) is 0 Å². The molecule has 2 aromatic carbocycles. The molecule has 25 heavy (non-hydrogen) atoms. The van der Waals surface area contributed by atoms with Crippen LogP contribution in [0.5, 0.6) is 0 Å². The average Bonchev–Trinajstić information content (AvgIpc) is 2.56. The maximum absolute atomic E-state index is 13.2. The zero-order valence-electron chi connectivity index (χ0n) is 15.2. The van der Waals surface area contributed by atoms with Crippen LogP contribution in [-0.2, 0) is 0 Å². The number of nitrogens with zero attached hydrogens (tertiary/aromatic N) is 2. The van der Waals surface area contributed by atoms with Crippen LogP contribution >= 0.6 is 11.6 Å². The van der Waals surface area contributed by atoms with Gasteiger partial charge in [0.2, 0.25) is 0 Å². The number of rotatable bonds is 2. The van der Waals surface area contributed by atoms with Gasteiger partial charge in [-0.15, -0.1) is 0 Å². The zero-order chi connectivity index (χ0) is 18.8. The number of hydrogen-bond acceptors (Lipinski definition) is 2. The third kappa shape index (κ3) is 4.02. The van der Waals surface area contributed by atoms with Crippen molar-refractivity contribution in [3.8, 4) is 0 Å². The van der Waals surface area contributed by atoms with Gasteiger partial charge < -0.3 is 0 Å². The van der Waals surface area contributed by atoms with E-state index >= 15 is 0 Å². The van der Waals surface area contributed by atoms with Crippen LogP contribution in [0.1, 0.15) is 47.1 Å². The summed E-state index contributed by atoms with van der Waals surface area (Å²) in [5, 5.41) is 3.37. The molecule has 2 amide bonds. The lowest BCUT2D eigenvalue weighted by atomic mass is 10.0. The Hall–Kier alpha value is -2.33. The maximum Gasteiger partial charge on any atom is 0.273 e. The molecule has 0 aliphatic heterocycles. The monoisotopic (exact) mass is 358 g/mol. The number of amides is 2. The van der Waals surface area contributed by atoms with Gasteiger partial charge in [-0.25, -0.2) is 10.0 Å². The minimum atomic E-state index is -0.592. The van der Waals surface area contributed by atoms with E-state index in [9.17, 15) is 9.59 Å². The van der Waals surface area contributed by atoms with Gasteiger partial charge >= 0.3 is 0 Å². The Morgan fingerprint density at radius 1 is 0.920 bits per heavy atom. The molecule has 0 heterocycles. The third-order valence-electron chi connectivity index (χ3n) is 3.94. The van der Waals surface area contributed by atoms with Gasteiger partial charge in [0.15, 0.2) is 0 Å². The molecule has 2 rings (SSSR count). The van der Waals surface area contributed by atoms with Crippen LogP contribution in [-0.4, -0.2) is 34.4 Å². The van der Waals surface area contributed by atoms with Gasteiger partial charge in [-0.1, -0.05) is 35.9 Å². The second-order valence-electron chi connectivity index (χ2n) is 6.89. The summed E-state index contributed by atoms with van der Waals surface area (Å²) in [6.07, 6.45) is 0. The van der Waals surface area contributed by atoms with Crippen LogP contribution in [0.2, 0.25) is 5.02 Å². The average molecular weight is 359 g/mol. The molecule has 0 unspecified atom stereocenters. The van der Waals surface area contributed by atoms with Gasteiger partial charge in [0.25, 0.3) is 11.8 Å². The van der Waals surface area contributed by atoms with E-state index in [0.29, 0.717) is 21.7 Å². The van der Waals surface area contributed by atoms with E-state index in [0.717, 1.165) is 0 Å². The van der Waals surface area contributed by atoms with Crippen LogP contribution in [0.4, 0.5) is 0 Å². The SMILES string of the molecule is Cc1c(Cl)cccc1C(=O)N(N(C)C(=O)c1ccccc1)C(C)(C)C. The van der Waals surface area contributed by atoms with Gasteiger partial charge in [-0.3, -0.25) is 9.59 Å². The molecule has 0 fully saturated rings. The smallest absolute Gasteiger partial charge is 0.267 e. The Labute approximate surface area is 154 Å². The van der Waals surface area contributed by atoms with E-state index in [1.807, 2.05) is 26.8 Å². The molecule has 0 aliphatic carbocycles. The molecule has 4 nitrogen and oxygen atoms in total. The highest BCUT2D eigenvalue weighted by atomic mass is 35.5. The fraction of sp³-hybridized carbons (Fsp3) is 0.300. The molecule has 0 saturated carbocycles. The van der Waals surface area contributed by atoms with Crippen LogP contribution < -0.4 is 0 Å². The molecular weight excluding hydrogens is 336 g/mol. The predicted octanol–water partition coefficient (Wildman–Crippen LogP) is 4.58. The summed E-state index contributed by atoms with van der Waals surface area (Å²) in [6, 6.07) is 14.1. The Balaban J connectivity index is 2.45. The van der Waals surface area contributed by atoms with Crippen LogP contribution in [0.3, 0.4) is 0 Å². The molecule has 5 heteroatoms.